The van der Waals surface area contributed by atoms with E-state index in [-0.39, 0.29) is 47.3 Å². The molecule has 2 atom stereocenters. The van der Waals surface area contributed by atoms with E-state index in [1.165, 1.54) is 0 Å². The summed E-state index contributed by atoms with van der Waals surface area (Å²) in [5.41, 5.74) is 2.56. The molecule has 2 aliphatic rings. The highest BCUT2D eigenvalue weighted by molar-refractivity contribution is 5.86. The third kappa shape index (κ3) is 7.07. The third-order valence-corrected chi connectivity index (χ3v) is 8.57. The number of anilines is 2. The van der Waals surface area contributed by atoms with Gasteiger partial charge in [-0.3, -0.25) is 20.0 Å². The van der Waals surface area contributed by atoms with Crippen molar-refractivity contribution in [3.05, 3.63) is 87.6 Å². The fourth-order valence-electron chi connectivity index (χ4n) is 6.31. The number of benzene rings is 1. The standard InChI is InChI=1S/C35H40F2N6O4/c1-21-8-9-25(15-39-21)41-12-6-7-26(19-41)42(16-23-10-11-38-29(13-23)40-34(45)47-35(3,4)5)17-24-18-43-22(2)20-46-33-30(37)28(36)14-27(31(33)43)32(24)44/h8-11,13-15,18,22,26H,6-7,12,16-17,19-20H2,1-5H3,(H,38,40,45)/t22?,26-/m0/s1. The van der Waals surface area contributed by atoms with Gasteiger partial charge in [-0.2, -0.15) is 4.39 Å². The molecule has 248 valence electrons. The lowest BCUT2D eigenvalue weighted by atomic mass is 10.0. The van der Waals surface area contributed by atoms with Crippen molar-refractivity contribution < 1.29 is 23.0 Å². The predicted octanol–water partition coefficient (Wildman–Crippen LogP) is 6.35. The molecule has 1 unspecified atom stereocenters. The molecule has 0 saturated carbocycles. The van der Waals surface area contributed by atoms with Gasteiger partial charge in [-0.25, -0.2) is 14.2 Å². The highest BCUT2D eigenvalue weighted by Crippen LogP contribution is 2.36. The fraction of sp³-hybridized carbons (Fsp3) is 0.429. The van der Waals surface area contributed by atoms with Crippen LogP contribution < -0.4 is 20.4 Å². The Morgan fingerprint density at radius 3 is 2.72 bits per heavy atom. The molecular formula is C35H40F2N6O4. The Morgan fingerprint density at radius 1 is 1.17 bits per heavy atom. The van der Waals surface area contributed by atoms with Crippen molar-refractivity contribution in [1.29, 1.82) is 0 Å². The van der Waals surface area contributed by atoms with Crippen molar-refractivity contribution in [3.8, 4) is 5.75 Å². The van der Waals surface area contributed by atoms with E-state index >= 15 is 0 Å². The molecule has 1 amide bonds. The van der Waals surface area contributed by atoms with Gasteiger partial charge in [-0.1, -0.05) is 0 Å². The molecule has 4 aromatic rings. The molecule has 1 N–H and O–H groups in total. The Kier molecular flexibility index (Phi) is 8.88. The summed E-state index contributed by atoms with van der Waals surface area (Å²) >= 11 is 0. The quantitative estimate of drug-likeness (QED) is 0.248. The van der Waals surface area contributed by atoms with E-state index in [9.17, 15) is 18.4 Å². The summed E-state index contributed by atoms with van der Waals surface area (Å²) in [5.74, 6) is -2.08. The van der Waals surface area contributed by atoms with Crippen LogP contribution in [0, 0.1) is 18.6 Å². The zero-order valence-electron chi connectivity index (χ0n) is 27.3. The lowest BCUT2D eigenvalue weighted by Gasteiger charge is -2.40. The normalized spacial score (nSPS) is 17.9. The van der Waals surface area contributed by atoms with Gasteiger partial charge in [0.25, 0.3) is 0 Å². The van der Waals surface area contributed by atoms with Crippen molar-refractivity contribution in [2.24, 2.45) is 0 Å². The lowest BCUT2D eigenvalue weighted by molar-refractivity contribution is 0.0635. The molecular weight excluding hydrogens is 606 g/mol. The van der Waals surface area contributed by atoms with Crippen LogP contribution in [0.5, 0.6) is 5.75 Å². The molecule has 0 bridgehead atoms. The zero-order valence-corrected chi connectivity index (χ0v) is 27.3. The highest BCUT2D eigenvalue weighted by atomic mass is 19.2. The van der Waals surface area contributed by atoms with Gasteiger partial charge >= 0.3 is 6.09 Å². The summed E-state index contributed by atoms with van der Waals surface area (Å²) in [6.45, 7) is 11.7. The number of nitrogens with one attached hydrogen (secondary N) is 1. The molecule has 0 aliphatic carbocycles. The van der Waals surface area contributed by atoms with Gasteiger partial charge < -0.3 is 18.9 Å². The Labute approximate surface area is 272 Å². The van der Waals surface area contributed by atoms with Gasteiger partial charge in [-0.15, -0.1) is 0 Å². The van der Waals surface area contributed by atoms with E-state index in [0.717, 1.165) is 42.4 Å². The number of pyridine rings is 3. The van der Waals surface area contributed by atoms with Gasteiger partial charge in [0.2, 0.25) is 5.82 Å². The van der Waals surface area contributed by atoms with Crippen LogP contribution >= 0.6 is 0 Å². The van der Waals surface area contributed by atoms with Crippen molar-refractivity contribution in [2.45, 2.75) is 78.2 Å². The number of rotatable bonds is 7. The van der Waals surface area contributed by atoms with Gasteiger partial charge in [0, 0.05) is 55.9 Å². The van der Waals surface area contributed by atoms with Gasteiger partial charge in [0.15, 0.2) is 17.0 Å². The fourth-order valence-corrected chi connectivity index (χ4v) is 6.31. The van der Waals surface area contributed by atoms with Crippen LogP contribution in [-0.2, 0) is 17.8 Å². The molecule has 1 fully saturated rings. The van der Waals surface area contributed by atoms with Crippen molar-refractivity contribution in [2.75, 3.05) is 29.9 Å². The number of hydrogen-bond donors (Lipinski definition) is 1. The number of carbonyl (C=O) groups excluding carboxylic acids is 1. The maximum absolute atomic E-state index is 14.7. The predicted molar refractivity (Wildman–Crippen MR) is 176 cm³/mol. The Bertz CT molecular complexity index is 1860. The lowest BCUT2D eigenvalue weighted by Crippen LogP contribution is -2.48. The topological polar surface area (TPSA) is 102 Å². The average molecular weight is 647 g/mol. The first-order valence-corrected chi connectivity index (χ1v) is 15.9. The summed E-state index contributed by atoms with van der Waals surface area (Å²) in [6.07, 6.45) is 6.49. The number of nitrogens with zero attached hydrogens (tertiary/aromatic N) is 5. The van der Waals surface area contributed by atoms with E-state index in [4.69, 9.17) is 9.47 Å². The summed E-state index contributed by atoms with van der Waals surface area (Å²) in [7, 11) is 0. The first-order chi connectivity index (χ1) is 22.4. The molecule has 10 nitrogen and oxygen atoms in total. The van der Waals surface area contributed by atoms with Crippen LogP contribution in [-0.4, -0.2) is 56.9 Å². The SMILES string of the molecule is Cc1ccc(N2CCC[C@H](N(Cc3ccnc(NC(=O)OC(C)(C)C)c3)Cc3cn4c5c(c(F)c(F)cc5c3=O)OCC4C)C2)cn1. The number of carbonyl (C=O) groups is 1. The Hall–Kier alpha value is -4.58. The van der Waals surface area contributed by atoms with Crippen LogP contribution in [0.3, 0.4) is 0 Å². The summed E-state index contributed by atoms with van der Waals surface area (Å²) < 4.78 is 42.2. The minimum Gasteiger partial charge on any atom is -0.486 e. The van der Waals surface area contributed by atoms with Crippen LogP contribution in [0.25, 0.3) is 10.9 Å². The molecule has 1 saturated heterocycles. The van der Waals surface area contributed by atoms with E-state index in [1.54, 1.807) is 39.2 Å². The second-order valence-corrected chi connectivity index (χ2v) is 13.4. The van der Waals surface area contributed by atoms with Crippen LogP contribution in [0.15, 0.2) is 53.7 Å². The zero-order chi connectivity index (χ0) is 33.5. The van der Waals surface area contributed by atoms with Gasteiger partial charge in [-0.05, 0) is 83.4 Å². The van der Waals surface area contributed by atoms with Crippen molar-refractivity contribution in [1.82, 2.24) is 19.4 Å². The number of hydrogen-bond acceptors (Lipinski definition) is 8. The average Bonchev–Trinajstić information content (AvgIpc) is 3.02. The van der Waals surface area contributed by atoms with E-state index in [0.29, 0.717) is 24.5 Å². The van der Waals surface area contributed by atoms with Crippen molar-refractivity contribution >= 4 is 28.5 Å². The first kappa shape index (κ1) is 32.4. The molecule has 0 radical (unpaired) electrons. The maximum Gasteiger partial charge on any atom is 0.413 e. The molecule has 47 heavy (non-hydrogen) atoms. The second-order valence-electron chi connectivity index (χ2n) is 13.4. The minimum atomic E-state index is -1.11. The number of piperidine rings is 1. The molecule has 6 rings (SSSR count). The Balaban J connectivity index is 1.35. The van der Waals surface area contributed by atoms with Crippen LogP contribution in [0.2, 0.25) is 0 Å². The third-order valence-electron chi connectivity index (χ3n) is 8.57. The largest absolute Gasteiger partial charge is 0.486 e. The number of amides is 1. The maximum atomic E-state index is 14.7. The van der Waals surface area contributed by atoms with Crippen molar-refractivity contribution in [3.63, 3.8) is 0 Å². The number of ether oxygens (including phenoxy) is 2. The van der Waals surface area contributed by atoms with E-state index in [2.05, 4.69) is 31.2 Å². The smallest absolute Gasteiger partial charge is 0.413 e. The number of halogens is 2. The molecule has 1 aromatic carbocycles. The molecule has 12 heteroatoms. The second kappa shape index (κ2) is 12.9. The molecule has 3 aromatic heterocycles. The van der Waals surface area contributed by atoms with Gasteiger partial charge in [0.05, 0.1) is 28.8 Å². The highest BCUT2D eigenvalue weighted by Gasteiger charge is 2.30. The summed E-state index contributed by atoms with van der Waals surface area (Å²) in [4.78, 5) is 39.7. The van der Waals surface area contributed by atoms with Crippen LogP contribution in [0.1, 0.15) is 63.4 Å². The number of aromatic nitrogens is 3. The summed E-state index contributed by atoms with van der Waals surface area (Å²) in [5, 5.41) is 2.80. The first-order valence-electron chi connectivity index (χ1n) is 15.9. The van der Waals surface area contributed by atoms with E-state index in [1.807, 2.05) is 36.7 Å². The Morgan fingerprint density at radius 2 is 1.98 bits per heavy atom. The van der Waals surface area contributed by atoms with E-state index < -0.39 is 23.3 Å². The van der Waals surface area contributed by atoms with Crippen LogP contribution in [0.4, 0.5) is 25.1 Å². The molecule has 5 heterocycles. The monoisotopic (exact) mass is 646 g/mol. The summed E-state index contributed by atoms with van der Waals surface area (Å²) in [6, 6.07) is 8.56. The molecule has 2 aliphatic heterocycles. The minimum absolute atomic E-state index is 0.0400. The van der Waals surface area contributed by atoms with Gasteiger partial charge in [0.1, 0.15) is 18.0 Å². The number of aryl methyl sites for hydroxylation is 1. The molecule has 0 spiro atoms.